The molecular weight excluding hydrogens is 269 g/mol. The molecule has 1 fully saturated rings. The third-order valence-electron chi connectivity index (χ3n) is 3.99. The van der Waals surface area contributed by atoms with Crippen LogP contribution in [0.4, 0.5) is 10.3 Å². The van der Waals surface area contributed by atoms with Crippen LogP contribution in [0.5, 0.6) is 0 Å². The van der Waals surface area contributed by atoms with Crippen molar-refractivity contribution < 1.29 is 4.39 Å². The Labute approximate surface area is 123 Å². The van der Waals surface area contributed by atoms with Gasteiger partial charge < -0.3 is 10.6 Å². The third kappa shape index (κ3) is 2.90. The zero-order valence-electron chi connectivity index (χ0n) is 12.1. The van der Waals surface area contributed by atoms with E-state index in [1.165, 1.54) is 6.07 Å². The van der Waals surface area contributed by atoms with Gasteiger partial charge in [-0.2, -0.15) is 4.98 Å². The van der Waals surface area contributed by atoms with Crippen LogP contribution in [0.25, 0.3) is 11.4 Å². The molecule has 3 rings (SSSR count). The maximum atomic E-state index is 13.9. The van der Waals surface area contributed by atoms with E-state index in [9.17, 15) is 4.39 Å². The van der Waals surface area contributed by atoms with Gasteiger partial charge in [0, 0.05) is 13.1 Å². The first-order chi connectivity index (χ1) is 10.2. The fraction of sp³-hybridized carbons (Fsp3) is 0.467. The number of halogens is 1. The molecule has 2 heterocycles. The molecule has 1 atom stereocenters. The number of nitrogens with zero attached hydrogens (tertiary/aromatic N) is 3. The summed E-state index contributed by atoms with van der Waals surface area (Å²) >= 11 is 0. The second-order valence-corrected chi connectivity index (χ2v) is 5.66. The van der Waals surface area contributed by atoms with Gasteiger partial charge in [-0.15, -0.1) is 5.10 Å². The Bertz CT molecular complexity index is 624. The van der Waals surface area contributed by atoms with Crippen LogP contribution in [0.2, 0.25) is 0 Å². The fourth-order valence-electron chi connectivity index (χ4n) is 2.77. The second-order valence-electron chi connectivity index (χ2n) is 5.66. The van der Waals surface area contributed by atoms with Gasteiger partial charge in [0.15, 0.2) is 5.82 Å². The molecule has 0 bridgehead atoms. The molecule has 0 radical (unpaired) electrons. The van der Waals surface area contributed by atoms with Gasteiger partial charge in [-0.1, -0.05) is 11.6 Å². The summed E-state index contributed by atoms with van der Waals surface area (Å²) in [6, 6.07) is 4.98. The van der Waals surface area contributed by atoms with Crippen LogP contribution in [-0.4, -0.2) is 34.8 Å². The summed E-state index contributed by atoms with van der Waals surface area (Å²) in [6.45, 7) is 4.39. The maximum absolute atomic E-state index is 13.9. The summed E-state index contributed by atoms with van der Waals surface area (Å²) in [5.41, 5.74) is 7.20. The molecule has 1 aromatic carbocycles. The van der Waals surface area contributed by atoms with Crippen molar-refractivity contribution in [2.45, 2.75) is 19.8 Å². The molecule has 5 nitrogen and oxygen atoms in total. The molecular formula is C15H20FN5. The van der Waals surface area contributed by atoms with Crippen molar-refractivity contribution in [2.75, 3.05) is 24.5 Å². The lowest BCUT2D eigenvalue weighted by molar-refractivity contribution is 0.420. The third-order valence-corrected chi connectivity index (χ3v) is 3.99. The first-order valence-electron chi connectivity index (χ1n) is 7.31. The largest absolute Gasteiger partial charge is 0.339 e. The Morgan fingerprint density at radius 3 is 3.14 bits per heavy atom. The van der Waals surface area contributed by atoms with Gasteiger partial charge in [0.1, 0.15) is 5.82 Å². The molecule has 3 N–H and O–H groups in total. The highest BCUT2D eigenvalue weighted by Gasteiger charge is 2.22. The summed E-state index contributed by atoms with van der Waals surface area (Å²) in [5, 5.41) is 7.08. The number of H-pyrrole nitrogens is 1. The number of anilines is 1. The molecule has 112 valence electrons. The SMILES string of the molecule is Cc1ccc(F)c(-c2nc(N3CCCC(CN)C3)n[nH]2)c1. The van der Waals surface area contributed by atoms with Crippen LogP contribution in [0, 0.1) is 18.7 Å². The number of hydrogen-bond acceptors (Lipinski definition) is 4. The number of aryl methyl sites for hydroxylation is 1. The number of hydrogen-bond donors (Lipinski definition) is 2. The molecule has 1 aliphatic heterocycles. The minimum absolute atomic E-state index is 0.290. The summed E-state index contributed by atoms with van der Waals surface area (Å²) in [5.74, 6) is 1.29. The minimum Gasteiger partial charge on any atom is -0.339 e. The number of piperidine rings is 1. The number of benzene rings is 1. The number of aromatic nitrogens is 3. The van der Waals surface area contributed by atoms with Crippen molar-refractivity contribution in [3.8, 4) is 11.4 Å². The topological polar surface area (TPSA) is 70.8 Å². The Hall–Kier alpha value is -1.95. The fourth-order valence-corrected chi connectivity index (χ4v) is 2.77. The van der Waals surface area contributed by atoms with E-state index in [0.717, 1.165) is 31.5 Å². The Morgan fingerprint density at radius 2 is 2.33 bits per heavy atom. The zero-order chi connectivity index (χ0) is 14.8. The van der Waals surface area contributed by atoms with E-state index in [1.54, 1.807) is 12.1 Å². The van der Waals surface area contributed by atoms with Crippen LogP contribution in [0.3, 0.4) is 0 Å². The molecule has 6 heteroatoms. The first-order valence-corrected chi connectivity index (χ1v) is 7.31. The highest BCUT2D eigenvalue weighted by Crippen LogP contribution is 2.24. The van der Waals surface area contributed by atoms with E-state index in [2.05, 4.69) is 20.1 Å². The van der Waals surface area contributed by atoms with Crippen molar-refractivity contribution in [3.63, 3.8) is 0 Å². The van der Waals surface area contributed by atoms with Crippen LogP contribution < -0.4 is 10.6 Å². The number of aromatic amines is 1. The van der Waals surface area contributed by atoms with E-state index in [1.807, 2.05) is 6.92 Å². The van der Waals surface area contributed by atoms with Crippen molar-refractivity contribution in [1.29, 1.82) is 0 Å². The molecule has 1 aliphatic rings. The molecule has 1 saturated heterocycles. The van der Waals surface area contributed by atoms with Crippen LogP contribution >= 0.6 is 0 Å². The minimum atomic E-state index is -0.290. The van der Waals surface area contributed by atoms with E-state index < -0.39 is 0 Å². The van der Waals surface area contributed by atoms with E-state index >= 15 is 0 Å². The molecule has 0 saturated carbocycles. The quantitative estimate of drug-likeness (QED) is 0.907. The van der Waals surface area contributed by atoms with Crippen molar-refractivity contribution >= 4 is 5.95 Å². The van der Waals surface area contributed by atoms with E-state index in [0.29, 0.717) is 29.8 Å². The molecule has 1 unspecified atom stereocenters. The summed E-state index contributed by atoms with van der Waals surface area (Å²) in [7, 11) is 0. The lowest BCUT2D eigenvalue weighted by Gasteiger charge is -2.31. The summed E-state index contributed by atoms with van der Waals surface area (Å²) < 4.78 is 13.9. The highest BCUT2D eigenvalue weighted by molar-refractivity contribution is 5.58. The van der Waals surface area contributed by atoms with Gasteiger partial charge >= 0.3 is 0 Å². The van der Waals surface area contributed by atoms with E-state index in [-0.39, 0.29) is 5.82 Å². The monoisotopic (exact) mass is 289 g/mol. The maximum Gasteiger partial charge on any atom is 0.245 e. The Morgan fingerprint density at radius 1 is 1.48 bits per heavy atom. The van der Waals surface area contributed by atoms with Crippen LogP contribution in [-0.2, 0) is 0 Å². The average Bonchev–Trinajstić information content (AvgIpc) is 2.99. The number of nitrogens with two attached hydrogens (primary N) is 1. The second kappa shape index (κ2) is 5.81. The van der Waals surface area contributed by atoms with Gasteiger partial charge in [-0.3, -0.25) is 5.10 Å². The molecule has 0 amide bonds. The lowest BCUT2D eigenvalue weighted by Crippen LogP contribution is -2.38. The van der Waals surface area contributed by atoms with Gasteiger partial charge in [0.2, 0.25) is 5.95 Å². The van der Waals surface area contributed by atoms with Gasteiger partial charge in [-0.05, 0) is 44.4 Å². The first kappa shape index (κ1) is 14.0. The van der Waals surface area contributed by atoms with Crippen molar-refractivity contribution in [2.24, 2.45) is 11.7 Å². The van der Waals surface area contributed by atoms with Crippen LogP contribution in [0.1, 0.15) is 18.4 Å². The van der Waals surface area contributed by atoms with Crippen molar-refractivity contribution in [3.05, 3.63) is 29.6 Å². The van der Waals surface area contributed by atoms with E-state index in [4.69, 9.17) is 5.73 Å². The standard InChI is InChI=1S/C15H20FN5/c1-10-4-5-13(16)12(7-10)14-18-15(20-19-14)21-6-2-3-11(8-17)9-21/h4-5,7,11H,2-3,6,8-9,17H2,1H3,(H,18,19,20). The number of nitrogens with one attached hydrogen (secondary N) is 1. The Kier molecular flexibility index (Phi) is 3.88. The van der Waals surface area contributed by atoms with Gasteiger partial charge in [0.25, 0.3) is 0 Å². The predicted octanol–water partition coefficient (Wildman–Crippen LogP) is 2.09. The molecule has 0 spiro atoms. The molecule has 1 aromatic heterocycles. The van der Waals surface area contributed by atoms with Gasteiger partial charge in [-0.25, -0.2) is 4.39 Å². The Balaban J connectivity index is 1.84. The molecule has 0 aliphatic carbocycles. The zero-order valence-corrected chi connectivity index (χ0v) is 12.1. The summed E-state index contributed by atoms with van der Waals surface area (Å²) in [4.78, 5) is 6.57. The lowest BCUT2D eigenvalue weighted by atomic mass is 9.99. The van der Waals surface area contributed by atoms with Crippen LogP contribution in [0.15, 0.2) is 18.2 Å². The molecule has 21 heavy (non-hydrogen) atoms. The predicted molar refractivity (Wildman–Crippen MR) is 80.5 cm³/mol. The van der Waals surface area contributed by atoms with Gasteiger partial charge in [0.05, 0.1) is 5.56 Å². The normalized spacial score (nSPS) is 19.0. The molecule has 2 aromatic rings. The van der Waals surface area contributed by atoms with Crippen molar-refractivity contribution in [1.82, 2.24) is 15.2 Å². The smallest absolute Gasteiger partial charge is 0.245 e. The number of rotatable bonds is 3. The average molecular weight is 289 g/mol. The highest BCUT2D eigenvalue weighted by atomic mass is 19.1. The summed E-state index contributed by atoms with van der Waals surface area (Å²) in [6.07, 6.45) is 2.24.